The molecule has 0 aromatic heterocycles. The van der Waals surface area contributed by atoms with Crippen LogP contribution < -0.4 is 22.1 Å². The highest BCUT2D eigenvalue weighted by molar-refractivity contribution is 5.91. The lowest BCUT2D eigenvalue weighted by Gasteiger charge is -2.26. The maximum absolute atomic E-state index is 12.0. The van der Waals surface area contributed by atoms with Crippen molar-refractivity contribution < 1.29 is 29.1 Å². The number of aliphatic hydroxyl groups is 1. The molecule has 0 aliphatic rings. The van der Waals surface area contributed by atoms with Crippen molar-refractivity contribution in [2.45, 2.75) is 31.8 Å². The third-order valence-corrected chi connectivity index (χ3v) is 3.15. The first-order chi connectivity index (χ1) is 11.8. The summed E-state index contributed by atoms with van der Waals surface area (Å²) in [5, 5.41) is 13.6. The van der Waals surface area contributed by atoms with E-state index in [0.29, 0.717) is 12.7 Å². The van der Waals surface area contributed by atoms with Crippen LogP contribution in [0.5, 0.6) is 0 Å². The van der Waals surface area contributed by atoms with Crippen molar-refractivity contribution in [2.75, 3.05) is 26.2 Å². The minimum absolute atomic E-state index is 0.247. The van der Waals surface area contributed by atoms with Gasteiger partial charge in [0, 0.05) is 6.54 Å². The number of primary amides is 1. The summed E-state index contributed by atoms with van der Waals surface area (Å²) in [5.74, 6) is -2.68. The lowest BCUT2D eigenvalue weighted by Crippen LogP contribution is -2.50. The second-order valence-electron chi connectivity index (χ2n) is 5.24. The van der Waals surface area contributed by atoms with Gasteiger partial charge in [-0.15, -0.1) is 0 Å². The van der Waals surface area contributed by atoms with E-state index in [2.05, 4.69) is 10.6 Å². The molecule has 25 heavy (non-hydrogen) atoms. The van der Waals surface area contributed by atoms with Crippen LogP contribution in [0.3, 0.4) is 0 Å². The standard InChI is InChI=1S/C14H25N5O6/c1-2-3-19(9(7-20)8-21)13(24)6-17-12(23)5-18-14(25)10(15)4-11(16)22/h7,9-10,21H,2-6,8,15H2,1H3,(H2,16,22)(H,17,23)(H,18,25)/t9-,10+/m1/s1. The molecule has 0 unspecified atom stereocenters. The molecule has 0 heterocycles. The van der Waals surface area contributed by atoms with Crippen LogP contribution in [0.25, 0.3) is 0 Å². The second-order valence-corrected chi connectivity index (χ2v) is 5.24. The monoisotopic (exact) mass is 359 g/mol. The third kappa shape index (κ3) is 8.77. The normalized spacial score (nSPS) is 12.6. The maximum atomic E-state index is 12.0. The van der Waals surface area contributed by atoms with Crippen LogP contribution in [0.1, 0.15) is 19.8 Å². The number of nitrogens with zero attached hydrogens (tertiary/aromatic N) is 1. The zero-order valence-electron chi connectivity index (χ0n) is 14.1. The molecule has 0 spiro atoms. The van der Waals surface area contributed by atoms with Crippen LogP contribution in [0.2, 0.25) is 0 Å². The Bertz CT molecular complexity index is 498. The number of aldehydes is 1. The van der Waals surface area contributed by atoms with Gasteiger partial charge in [0.1, 0.15) is 12.3 Å². The van der Waals surface area contributed by atoms with Crippen LogP contribution >= 0.6 is 0 Å². The molecule has 7 N–H and O–H groups in total. The molecule has 0 saturated heterocycles. The van der Waals surface area contributed by atoms with E-state index < -0.39 is 55.4 Å². The highest BCUT2D eigenvalue weighted by atomic mass is 16.3. The Hall–Kier alpha value is -2.53. The van der Waals surface area contributed by atoms with Gasteiger partial charge in [-0.2, -0.15) is 0 Å². The number of hydrogen-bond donors (Lipinski definition) is 5. The van der Waals surface area contributed by atoms with Gasteiger partial charge in [0.05, 0.1) is 32.2 Å². The predicted molar refractivity (Wildman–Crippen MR) is 86.7 cm³/mol. The summed E-state index contributed by atoms with van der Waals surface area (Å²) >= 11 is 0. The van der Waals surface area contributed by atoms with E-state index in [-0.39, 0.29) is 13.0 Å². The molecule has 0 bridgehead atoms. The van der Waals surface area contributed by atoms with E-state index in [0.717, 1.165) is 4.90 Å². The van der Waals surface area contributed by atoms with E-state index in [1.807, 2.05) is 0 Å². The Morgan fingerprint density at radius 1 is 1.20 bits per heavy atom. The number of amides is 4. The summed E-state index contributed by atoms with van der Waals surface area (Å²) in [6.07, 6.45) is 0.666. The van der Waals surface area contributed by atoms with Crippen molar-refractivity contribution in [1.29, 1.82) is 0 Å². The fourth-order valence-corrected chi connectivity index (χ4v) is 1.88. The molecule has 0 rings (SSSR count). The van der Waals surface area contributed by atoms with E-state index in [9.17, 15) is 24.0 Å². The summed E-state index contributed by atoms with van der Waals surface area (Å²) in [5.41, 5.74) is 10.3. The molecule has 11 nitrogen and oxygen atoms in total. The van der Waals surface area contributed by atoms with Crippen LogP contribution in [0, 0.1) is 0 Å². The Kier molecular flexibility index (Phi) is 10.7. The molecule has 0 saturated carbocycles. The molecular weight excluding hydrogens is 334 g/mol. The zero-order valence-corrected chi connectivity index (χ0v) is 14.1. The van der Waals surface area contributed by atoms with Crippen molar-refractivity contribution in [3.8, 4) is 0 Å². The van der Waals surface area contributed by atoms with Gasteiger partial charge in [0.15, 0.2) is 0 Å². The quantitative estimate of drug-likeness (QED) is 0.221. The zero-order chi connectivity index (χ0) is 19.4. The lowest BCUT2D eigenvalue weighted by atomic mass is 10.2. The SMILES string of the molecule is CCCN(C(=O)CNC(=O)CNC(=O)[C@@H](N)CC(N)=O)[C@H](C=O)CO. The van der Waals surface area contributed by atoms with Crippen LogP contribution in [0.4, 0.5) is 0 Å². The van der Waals surface area contributed by atoms with Crippen LogP contribution in [-0.4, -0.2) is 78.2 Å². The van der Waals surface area contributed by atoms with Gasteiger partial charge in [-0.25, -0.2) is 0 Å². The first kappa shape index (κ1) is 22.5. The van der Waals surface area contributed by atoms with Gasteiger partial charge in [0.2, 0.25) is 23.6 Å². The fraction of sp³-hybridized carbons (Fsp3) is 0.643. The van der Waals surface area contributed by atoms with Crippen molar-refractivity contribution in [3.05, 3.63) is 0 Å². The Morgan fingerprint density at radius 2 is 1.84 bits per heavy atom. The van der Waals surface area contributed by atoms with Gasteiger partial charge in [-0.05, 0) is 6.42 Å². The molecule has 4 amide bonds. The highest BCUT2D eigenvalue weighted by Crippen LogP contribution is 1.99. The Labute approximate surface area is 145 Å². The predicted octanol–water partition coefficient (Wildman–Crippen LogP) is -3.78. The third-order valence-electron chi connectivity index (χ3n) is 3.15. The minimum Gasteiger partial charge on any atom is -0.394 e. The van der Waals surface area contributed by atoms with Crippen molar-refractivity contribution >= 4 is 29.9 Å². The Balaban J connectivity index is 4.38. The minimum atomic E-state index is -1.16. The number of carbonyl (C=O) groups excluding carboxylic acids is 5. The second kappa shape index (κ2) is 11.9. The van der Waals surface area contributed by atoms with E-state index in [1.165, 1.54) is 0 Å². The number of rotatable bonds is 12. The number of carbonyl (C=O) groups is 5. The van der Waals surface area contributed by atoms with Crippen LogP contribution in [0.15, 0.2) is 0 Å². The molecule has 0 aliphatic heterocycles. The number of aliphatic hydroxyl groups excluding tert-OH is 1. The van der Waals surface area contributed by atoms with E-state index in [4.69, 9.17) is 16.6 Å². The summed E-state index contributed by atoms with van der Waals surface area (Å²) in [4.78, 5) is 57.9. The summed E-state index contributed by atoms with van der Waals surface area (Å²) in [6.45, 7) is 0.688. The number of hydrogen-bond acceptors (Lipinski definition) is 7. The molecule has 142 valence electrons. The molecular formula is C14H25N5O6. The molecule has 0 aromatic rings. The van der Waals surface area contributed by atoms with Gasteiger partial charge in [-0.1, -0.05) is 6.92 Å². The first-order valence-corrected chi connectivity index (χ1v) is 7.70. The smallest absolute Gasteiger partial charge is 0.242 e. The van der Waals surface area contributed by atoms with E-state index >= 15 is 0 Å². The Morgan fingerprint density at radius 3 is 2.32 bits per heavy atom. The highest BCUT2D eigenvalue weighted by Gasteiger charge is 2.22. The average Bonchev–Trinajstić information content (AvgIpc) is 2.56. The summed E-state index contributed by atoms with van der Waals surface area (Å²) in [6, 6.07) is -2.14. The first-order valence-electron chi connectivity index (χ1n) is 7.70. The number of nitrogens with one attached hydrogen (secondary N) is 2. The van der Waals surface area contributed by atoms with Gasteiger partial charge in [-0.3, -0.25) is 19.2 Å². The maximum Gasteiger partial charge on any atom is 0.242 e. The number of nitrogens with two attached hydrogens (primary N) is 2. The van der Waals surface area contributed by atoms with Crippen LogP contribution in [-0.2, 0) is 24.0 Å². The van der Waals surface area contributed by atoms with Gasteiger partial charge < -0.3 is 36.9 Å². The van der Waals surface area contributed by atoms with E-state index in [1.54, 1.807) is 6.92 Å². The average molecular weight is 359 g/mol. The van der Waals surface area contributed by atoms with Gasteiger partial charge >= 0.3 is 0 Å². The lowest BCUT2D eigenvalue weighted by molar-refractivity contribution is -0.138. The summed E-state index contributed by atoms with van der Waals surface area (Å²) < 4.78 is 0. The largest absolute Gasteiger partial charge is 0.394 e. The molecule has 11 heteroatoms. The molecule has 0 aliphatic carbocycles. The summed E-state index contributed by atoms with van der Waals surface area (Å²) in [7, 11) is 0. The van der Waals surface area contributed by atoms with Gasteiger partial charge in [0.25, 0.3) is 0 Å². The molecule has 0 fully saturated rings. The molecule has 0 radical (unpaired) electrons. The molecule has 0 aromatic carbocycles. The van der Waals surface area contributed by atoms with Crippen molar-refractivity contribution in [1.82, 2.24) is 15.5 Å². The molecule has 2 atom stereocenters. The fourth-order valence-electron chi connectivity index (χ4n) is 1.88. The van der Waals surface area contributed by atoms with Crippen molar-refractivity contribution in [3.63, 3.8) is 0 Å². The van der Waals surface area contributed by atoms with Crippen molar-refractivity contribution in [2.24, 2.45) is 11.5 Å². The topological polar surface area (TPSA) is 185 Å².